The van der Waals surface area contributed by atoms with Crippen LogP contribution in [0.2, 0.25) is 0 Å². The van der Waals surface area contributed by atoms with Gasteiger partial charge in [-0.25, -0.2) is 0 Å². The van der Waals surface area contributed by atoms with Gasteiger partial charge >= 0.3 is 0 Å². The monoisotopic (exact) mass is 346 g/mol. The van der Waals surface area contributed by atoms with Crippen LogP contribution in [-0.2, 0) is 17.9 Å². The second-order valence-electron chi connectivity index (χ2n) is 6.79. The molecule has 0 aromatic heterocycles. The summed E-state index contributed by atoms with van der Waals surface area (Å²) in [5.41, 5.74) is 2.46. The highest BCUT2D eigenvalue weighted by Crippen LogP contribution is 2.16. The summed E-state index contributed by atoms with van der Waals surface area (Å²) in [6.45, 7) is 7.11. The number of hydrogen-bond donors (Lipinski definition) is 2. The maximum atomic E-state index is 5.27. The van der Waals surface area contributed by atoms with E-state index in [1.807, 2.05) is 13.1 Å². The van der Waals surface area contributed by atoms with Crippen molar-refractivity contribution in [2.75, 3.05) is 33.8 Å². The van der Waals surface area contributed by atoms with Gasteiger partial charge in [-0.3, -0.25) is 4.99 Å². The predicted octanol–water partition coefficient (Wildman–Crippen LogP) is 2.76. The number of ether oxygens (including phenoxy) is 1. The molecular formula is C20H34N4O. The van der Waals surface area contributed by atoms with Crippen LogP contribution in [0.25, 0.3) is 0 Å². The topological polar surface area (TPSA) is 48.9 Å². The van der Waals surface area contributed by atoms with Gasteiger partial charge in [0.25, 0.3) is 0 Å². The fraction of sp³-hybridized carbons (Fsp3) is 0.650. The lowest BCUT2D eigenvalue weighted by molar-refractivity contribution is 0.159. The molecule has 2 N–H and O–H groups in total. The standard InChI is InChI=1S/C20H34N4O/c1-17-9-6-7-13-24(17)14-8-12-22-20(21-2)23-15-18-10-4-5-11-19(18)16-25-3/h4-5,10-11,17H,6-9,12-16H2,1-3H3,(H2,21,22,23). The Morgan fingerprint density at radius 3 is 2.76 bits per heavy atom. The van der Waals surface area contributed by atoms with Crippen molar-refractivity contribution in [3.63, 3.8) is 0 Å². The molecule has 5 heteroatoms. The van der Waals surface area contributed by atoms with E-state index in [1.165, 1.54) is 43.5 Å². The van der Waals surface area contributed by atoms with Gasteiger partial charge in [0.2, 0.25) is 0 Å². The lowest BCUT2D eigenvalue weighted by Crippen LogP contribution is -2.41. The smallest absolute Gasteiger partial charge is 0.191 e. The summed E-state index contributed by atoms with van der Waals surface area (Å²) in [6, 6.07) is 9.09. The number of aliphatic imine (C=N–C) groups is 1. The third-order valence-corrected chi connectivity index (χ3v) is 4.94. The molecule has 0 aliphatic carbocycles. The van der Waals surface area contributed by atoms with Gasteiger partial charge in [-0.15, -0.1) is 0 Å². The van der Waals surface area contributed by atoms with Gasteiger partial charge in [0.05, 0.1) is 6.61 Å². The van der Waals surface area contributed by atoms with Crippen LogP contribution in [0.15, 0.2) is 29.3 Å². The second kappa shape index (κ2) is 11.1. The van der Waals surface area contributed by atoms with Gasteiger partial charge in [0.1, 0.15) is 0 Å². The maximum absolute atomic E-state index is 5.27. The summed E-state index contributed by atoms with van der Waals surface area (Å²) in [5, 5.41) is 6.83. The molecule has 5 nitrogen and oxygen atoms in total. The molecule has 1 saturated heterocycles. The van der Waals surface area contributed by atoms with Crippen LogP contribution < -0.4 is 10.6 Å². The fourth-order valence-electron chi connectivity index (χ4n) is 3.40. The summed E-state index contributed by atoms with van der Waals surface area (Å²) in [4.78, 5) is 6.94. The Kier molecular flexibility index (Phi) is 8.77. The van der Waals surface area contributed by atoms with Crippen LogP contribution in [0.3, 0.4) is 0 Å². The number of methoxy groups -OCH3 is 1. The van der Waals surface area contributed by atoms with E-state index in [4.69, 9.17) is 4.74 Å². The normalized spacial score (nSPS) is 19.0. The molecule has 1 aromatic rings. The number of benzene rings is 1. The molecule has 1 atom stereocenters. The number of likely N-dealkylation sites (tertiary alicyclic amines) is 1. The minimum atomic E-state index is 0.637. The molecule has 1 aliphatic heterocycles. The maximum Gasteiger partial charge on any atom is 0.191 e. The van der Waals surface area contributed by atoms with Gasteiger partial charge in [-0.1, -0.05) is 30.7 Å². The van der Waals surface area contributed by atoms with Gasteiger partial charge in [-0.2, -0.15) is 0 Å². The Bertz CT molecular complexity index is 532. The van der Waals surface area contributed by atoms with Gasteiger partial charge in [0.15, 0.2) is 5.96 Å². The zero-order chi connectivity index (χ0) is 17.9. The molecule has 1 aliphatic rings. The molecule has 140 valence electrons. The van der Waals surface area contributed by atoms with Crippen molar-refractivity contribution >= 4 is 5.96 Å². The van der Waals surface area contributed by atoms with E-state index in [-0.39, 0.29) is 0 Å². The van der Waals surface area contributed by atoms with Crippen molar-refractivity contribution < 1.29 is 4.74 Å². The van der Waals surface area contributed by atoms with Crippen LogP contribution in [0.1, 0.15) is 43.7 Å². The average Bonchev–Trinajstić information content (AvgIpc) is 2.64. The summed E-state index contributed by atoms with van der Waals surface area (Å²) in [5.74, 6) is 0.860. The highest BCUT2D eigenvalue weighted by Gasteiger charge is 2.17. The predicted molar refractivity (Wildman–Crippen MR) is 105 cm³/mol. The minimum Gasteiger partial charge on any atom is -0.380 e. The highest BCUT2D eigenvalue weighted by atomic mass is 16.5. The van der Waals surface area contributed by atoms with E-state index in [0.29, 0.717) is 6.61 Å². The zero-order valence-electron chi connectivity index (χ0n) is 16.1. The SMILES string of the molecule is CN=C(NCCCN1CCCCC1C)NCc1ccccc1COC. The lowest BCUT2D eigenvalue weighted by atomic mass is 10.0. The largest absolute Gasteiger partial charge is 0.380 e. The van der Waals surface area contributed by atoms with Crippen LogP contribution in [-0.4, -0.2) is 50.7 Å². The lowest BCUT2D eigenvalue weighted by Gasteiger charge is -2.33. The summed E-state index contributed by atoms with van der Waals surface area (Å²) in [7, 11) is 3.55. The first kappa shape index (κ1) is 19.7. The Labute approximate surface area is 152 Å². The number of piperidine rings is 1. The second-order valence-corrected chi connectivity index (χ2v) is 6.79. The molecular weight excluding hydrogens is 312 g/mol. The first-order valence-corrected chi connectivity index (χ1v) is 9.49. The molecule has 0 spiro atoms. The molecule has 25 heavy (non-hydrogen) atoms. The van der Waals surface area contributed by atoms with Crippen molar-refractivity contribution in [1.82, 2.24) is 15.5 Å². The summed E-state index contributed by atoms with van der Waals surface area (Å²) in [6.07, 6.45) is 5.22. The fourth-order valence-corrected chi connectivity index (χ4v) is 3.40. The number of hydrogen-bond acceptors (Lipinski definition) is 3. The molecule has 0 amide bonds. The highest BCUT2D eigenvalue weighted by molar-refractivity contribution is 5.79. The van der Waals surface area contributed by atoms with Crippen molar-refractivity contribution in [2.45, 2.75) is 51.8 Å². The van der Waals surface area contributed by atoms with Crippen molar-refractivity contribution in [3.05, 3.63) is 35.4 Å². The van der Waals surface area contributed by atoms with Crippen molar-refractivity contribution in [2.24, 2.45) is 4.99 Å². The quantitative estimate of drug-likeness (QED) is 0.432. The first-order chi connectivity index (χ1) is 12.2. The van der Waals surface area contributed by atoms with E-state index in [9.17, 15) is 0 Å². The van der Waals surface area contributed by atoms with Crippen LogP contribution in [0.4, 0.5) is 0 Å². The molecule has 1 unspecified atom stereocenters. The van der Waals surface area contributed by atoms with Crippen molar-refractivity contribution in [1.29, 1.82) is 0 Å². The third kappa shape index (κ3) is 6.67. The van der Waals surface area contributed by atoms with Crippen molar-refractivity contribution in [3.8, 4) is 0 Å². The third-order valence-electron chi connectivity index (χ3n) is 4.94. The number of nitrogens with one attached hydrogen (secondary N) is 2. The molecule has 2 rings (SSSR count). The minimum absolute atomic E-state index is 0.637. The summed E-state index contributed by atoms with van der Waals surface area (Å²) >= 11 is 0. The van der Waals surface area contributed by atoms with E-state index in [1.54, 1.807) is 7.11 Å². The average molecular weight is 347 g/mol. The molecule has 1 fully saturated rings. The Morgan fingerprint density at radius 2 is 2.04 bits per heavy atom. The van der Waals surface area contributed by atoms with Gasteiger partial charge in [0, 0.05) is 39.8 Å². The number of guanidine groups is 1. The number of rotatable bonds is 8. The Hall–Kier alpha value is -1.59. The van der Waals surface area contributed by atoms with Crippen LogP contribution in [0, 0.1) is 0 Å². The molecule has 1 aromatic carbocycles. The Balaban J connectivity index is 1.70. The van der Waals surface area contributed by atoms with E-state index in [0.717, 1.165) is 31.5 Å². The van der Waals surface area contributed by atoms with Crippen LogP contribution >= 0.6 is 0 Å². The molecule has 1 heterocycles. The molecule has 0 saturated carbocycles. The van der Waals surface area contributed by atoms with Crippen LogP contribution in [0.5, 0.6) is 0 Å². The molecule has 0 radical (unpaired) electrons. The molecule has 0 bridgehead atoms. The summed E-state index contributed by atoms with van der Waals surface area (Å²) < 4.78 is 5.27. The van der Waals surface area contributed by atoms with Gasteiger partial charge in [-0.05, 0) is 43.9 Å². The Morgan fingerprint density at radius 1 is 1.24 bits per heavy atom. The zero-order valence-corrected chi connectivity index (χ0v) is 16.1. The first-order valence-electron chi connectivity index (χ1n) is 9.49. The van der Waals surface area contributed by atoms with E-state index in [2.05, 4.69) is 45.6 Å². The van der Waals surface area contributed by atoms with E-state index < -0.39 is 0 Å². The number of nitrogens with zero attached hydrogens (tertiary/aromatic N) is 2. The van der Waals surface area contributed by atoms with Gasteiger partial charge < -0.3 is 20.3 Å². The van der Waals surface area contributed by atoms with E-state index >= 15 is 0 Å².